The Bertz CT molecular complexity index is 953. The molecule has 2 aromatic carbocycles. The maximum atomic E-state index is 13.0. The standard InChI is InChI=1S/C20H24FN3O3S/c1-15-3-4-16(2)19(13-15)28(26,27)24-11-9-23(10-12-24)14-20(25)22-18-7-5-17(21)6-8-18/h3-8,13H,9-12,14H2,1-2H3,(H,22,25). The van der Waals surface area contributed by atoms with Gasteiger partial charge in [-0.05, 0) is 55.3 Å². The zero-order valence-corrected chi connectivity index (χ0v) is 16.8. The number of rotatable bonds is 5. The third-order valence-corrected chi connectivity index (χ3v) is 6.83. The van der Waals surface area contributed by atoms with E-state index in [9.17, 15) is 17.6 Å². The number of benzene rings is 2. The second kappa shape index (κ2) is 8.38. The zero-order valence-electron chi connectivity index (χ0n) is 16.0. The third kappa shape index (κ3) is 4.76. The summed E-state index contributed by atoms with van der Waals surface area (Å²) in [6.07, 6.45) is 0. The van der Waals surface area contributed by atoms with Gasteiger partial charge in [-0.1, -0.05) is 12.1 Å². The van der Waals surface area contributed by atoms with Crippen molar-refractivity contribution in [3.63, 3.8) is 0 Å². The first kappa shape index (κ1) is 20.4. The average Bonchev–Trinajstić information content (AvgIpc) is 2.66. The SMILES string of the molecule is Cc1ccc(C)c(S(=O)(=O)N2CCN(CC(=O)Nc3ccc(F)cc3)CC2)c1. The summed E-state index contributed by atoms with van der Waals surface area (Å²) >= 11 is 0. The molecule has 6 nitrogen and oxygen atoms in total. The molecule has 1 fully saturated rings. The Morgan fingerprint density at radius 1 is 1.04 bits per heavy atom. The number of piperazine rings is 1. The second-order valence-corrected chi connectivity index (χ2v) is 8.91. The van der Waals surface area contributed by atoms with Crippen LogP contribution in [0, 0.1) is 19.7 Å². The van der Waals surface area contributed by atoms with E-state index in [2.05, 4.69) is 5.32 Å². The van der Waals surface area contributed by atoms with Crippen LogP contribution in [-0.4, -0.2) is 56.3 Å². The summed E-state index contributed by atoms with van der Waals surface area (Å²) < 4.78 is 40.3. The molecule has 0 radical (unpaired) electrons. The van der Waals surface area contributed by atoms with Gasteiger partial charge >= 0.3 is 0 Å². The van der Waals surface area contributed by atoms with Gasteiger partial charge in [0.15, 0.2) is 0 Å². The van der Waals surface area contributed by atoms with Crippen molar-refractivity contribution in [3.05, 3.63) is 59.4 Å². The van der Waals surface area contributed by atoms with Gasteiger partial charge in [-0.3, -0.25) is 9.69 Å². The number of carbonyl (C=O) groups is 1. The molecule has 0 unspecified atom stereocenters. The van der Waals surface area contributed by atoms with Crippen molar-refractivity contribution in [2.24, 2.45) is 0 Å². The fourth-order valence-corrected chi connectivity index (χ4v) is 4.92. The van der Waals surface area contributed by atoms with Gasteiger partial charge < -0.3 is 5.32 Å². The predicted molar refractivity (Wildman–Crippen MR) is 106 cm³/mol. The predicted octanol–water partition coefficient (Wildman–Crippen LogP) is 2.39. The lowest BCUT2D eigenvalue weighted by atomic mass is 10.2. The fourth-order valence-electron chi connectivity index (χ4n) is 3.19. The van der Waals surface area contributed by atoms with Gasteiger partial charge in [0, 0.05) is 31.9 Å². The Morgan fingerprint density at radius 3 is 2.32 bits per heavy atom. The van der Waals surface area contributed by atoms with Crippen molar-refractivity contribution in [3.8, 4) is 0 Å². The molecule has 1 saturated heterocycles. The highest BCUT2D eigenvalue weighted by Gasteiger charge is 2.30. The van der Waals surface area contributed by atoms with E-state index in [-0.39, 0.29) is 18.3 Å². The van der Waals surface area contributed by atoms with E-state index in [4.69, 9.17) is 0 Å². The van der Waals surface area contributed by atoms with E-state index >= 15 is 0 Å². The number of amides is 1. The van der Waals surface area contributed by atoms with Crippen molar-refractivity contribution < 1.29 is 17.6 Å². The molecule has 1 heterocycles. The van der Waals surface area contributed by atoms with Gasteiger partial charge in [-0.15, -0.1) is 0 Å². The van der Waals surface area contributed by atoms with Crippen LogP contribution in [-0.2, 0) is 14.8 Å². The molecule has 0 aliphatic carbocycles. The summed E-state index contributed by atoms with van der Waals surface area (Å²) in [5.74, 6) is -0.573. The number of hydrogen-bond acceptors (Lipinski definition) is 4. The normalized spacial score (nSPS) is 16.1. The van der Waals surface area contributed by atoms with Crippen LogP contribution >= 0.6 is 0 Å². The van der Waals surface area contributed by atoms with Crippen LogP contribution in [0.4, 0.5) is 10.1 Å². The number of hydrogen-bond donors (Lipinski definition) is 1. The third-order valence-electron chi connectivity index (χ3n) is 4.79. The lowest BCUT2D eigenvalue weighted by molar-refractivity contribution is -0.117. The number of nitrogens with one attached hydrogen (secondary N) is 1. The number of halogens is 1. The van der Waals surface area contributed by atoms with Crippen LogP contribution in [0.2, 0.25) is 0 Å². The monoisotopic (exact) mass is 405 g/mol. The largest absolute Gasteiger partial charge is 0.325 e. The van der Waals surface area contributed by atoms with Gasteiger partial charge in [-0.2, -0.15) is 4.31 Å². The van der Waals surface area contributed by atoms with E-state index in [1.807, 2.05) is 24.0 Å². The minimum atomic E-state index is -3.55. The Balaban J connectivity index is 1.57. The first-order chi connectivity index (χ1) is 13.3. The Morgan fingerprint density at radius 2 is 1.68 bits per heavy atom. The molecular formula is C20H24FN3O3S. The molecule has 1 N–H and O–H groups in total. The molecular weight excluding hydrogens is 381 g/mol. The fraction of sp³-hybridized carbons (Fsp3) is 0.350. The van der Waals surface area contributed by atoms with E-state index in [0.717, 1.165) is 11.1 Å². The maximum Gasteiger partial charge on any atom is 0.243 e. The van der Waals surface area contributed by atoms with Gasteiger partial charge in [0.1, 0.15) is 5.82 Å². The number of aryl methyl sites for hydroxylation is 2. The molecule has 1 amide bonds. The van der Waals surface area contributed by atoms with Gasteiger partial charge in [0.25, 0.3) is 0 Å². The quantitative estimate of drug-likeness (QED) is 0.829. The molecule has 0 saturated carbocycles. The molecule has 28 heavy (non-hydrogen) atoms. The minimum absolute atomic E-state index is 0.161. The lowest BCUT2D eigenvalue weighted by Crippen LogP contribution is -2.50. The summed E-state index contributed by atoms with van der Waals surface area (Å²) in [4.78, 5) is 14.4. The summed E-state index contributed by atoms with van der Waals surface area (Å²) in [7, 11) is -3.55. The van der Waals surface area contributed by atoms with Crippen LogP contribution < -0.4 is 5.32 Å². The van der Waals surface area contributed by atoms with Crippen LogP contribution in [0.3, 0.4) is 0 Å². The van der Waals surface area contributed by atoms with Crippen LogP contribution in [0.5, 0.6) is 0 Å². The average molecular weight is 405 g/mol. The van der Waals surface area contributed by atoms with E-state index in [0.29, 0.717) is 36.8 Å². The molecule has 1 aliphatic rings. The van der Waals surface area contributed by atoms with Crippen LogP contribution in [0.25, 0.3) is 0 Å². The first-order valence-electron chi connectivity index (χ1n) is 9.11. The Kier molecular flexibility index (Phi) is 6.12. The van der Waals surface area contributed by atoms with Crippen molar-refractivity contribution in [2.45, 2.75) is 18.7 Å². The van der Waals surface area contributed by atoms with Gasteiger partial charge in [-0.25, -0.2) is 12.8 Å². The van der Waals surface area contributed by atoms with Crippen molar-refractivity contribution in [1.29, 1.82) is 0 Å². The van der Waals surface area contributed by atoms with Crippen molar-refractivity contribution in [2.75, 3.05) is 38.0 Å². The zero-order chi connectivity index (χ0) is 20.3. The van der Waals surface area contributed by atoms with E-state index in [1.165, 1.54) is 28.6 Å². The van der Waals surface area contributed by atoms with Crippen LogP contribution in [0.15, 0.2) is 47.4 Å². The number of anilines is 1. The summed E-state index contributed by atoms with van der Waals surface area (Å²) in [6, 6.07) is 11.0. The van der Waals surface area contributed by atoms with Crippen molar-refractivity contribution >= 4 is 21.6 Å². The van der Waals surface area contributed by atoms with E-state index < -0.39 is 10.0 Å². The molecule has 3 rings (SSSR count). The molecule has 0 atom stereocenters. The second-order valence-electron chi connectivity index (χ2n) is 7.00. The Labute approximate surface area is 165 Å². The lowest BCUT2D eigenvalue weighted by Gasteiger charge is -2.33. The minimum Gasteiger partial charge on any atom is -0.325 e. The molecule has 0 spiro atoms. The highest BCUT2D eigenvalue weighted by molar-refractivity contribution is 7.89. The smallest absolute Gasteiger partial charge is 0.243 e. The number of nitrogens with zero attached hydrogens (tertiary/aromatic N) is 2. The summed E-state index contributed by atoms with van der Waals surface area (Å²) in [6.45, 7) is 5.44. The molecule has 2 aromatic rings. The van der Waals surface area contributed by atoms with Gasteiger partial charge in [0.2, 0.25) is 15.9 Å². The van der Waals surface area contributed by atoms with Crippen molar-refractivity contribution in [1.82, 2.24) is 9.21 Å². The Hall–Kier alpha value is -2.29. The molecule has 150 valence electrons. The molecule has 8 heteroatoms. The number of sulfonamides is 1. The van der Waals surface area contributed by atoms with Gasteiger partial charge in [0.05, 0.1) is 11.4 Å². The summed E-state index contributed by atoms with van der Waals surface area (Å²) in [5.41, 5.74) is 2.16. The first-order valence-corrected chi connectivity index (χ1v) is 10.5. The molecule has 1 aliphatic heterocycles. The maximum absolute atomic E-state index is 13.0. The summed E-state index contributed by atoms with van der Waals surface area (Å²) in [5, 5.41) is 2.72. The van der Waals surface area contributed by atoms with E-state index in [1.54, 1.807) is 13.0 Å². The molecule has 0 bridgehead atoms. The highest BCUT2D eigenvalue weighted by Crippen LogP contribution is 2.22. The number of carbonyl (C=O) groups excluding carboxylic acids is 1. The molecule has 0 aromatic heterocycles. The highest BCUT2D eigenvalue weighted by atomic mass is 32.2. The topological polar surface area (TPSA) is 69.7 Å². The van der Waals surface area contributed by atoms with Crippen LogP contribution in [0.1, 0.15) is 11.1 Å².